The number of thiocarbonyl (C=S) groups is 1. The quantitative estimate of drug-likeness (QED) is 0.312. The number of carbonyl (C=O) groups excluding carboxylic acids is 2. The molecule has 1 aliphatic rings. The molecule has 0 atom stereocenters. The van der Waals surface area contributed by atoms with Crippen LogP contribution in [0.1, 0.15) is 16.1 Å². The number of nitrogens with zero attached hydrogens (tertiary/aromatic N) is 1. The maximum Gasteiger partial charge on any atom is 0.335 e. The maximum absolute atomic E-state index is 13.1. The van der Waals surface area contributed by atoms with Crippen LogP contribution in [0.25, 0.3) is 17.4 Å². The molecule has 3 aromatic rings. The lowest BCUT2D eigenvalue weighted by Gasteiger charge is -2.28. The molecular weight excluding hydrogens is 475 g/mol. The minimum atomic E-state index is -1.11. The molecule has 2 N–H and O–H groups in total. The highest BCUT2D eigenvalue weighted by Crippen LogP contribution is 2.34. The summed E-state index contributed by atoms with van der Waals surface area (Å²) in [5.41, 5.74) is 0.706. The molecule has 32 heavy (non-hydrogen) atoms. The second-order valence-corrected chi connectivity index (χ2v) is 7.79. The van der Waals surface area contributed by atoms with Gasteiger partial charge in [-0.15, -0.1) is 0 Å². The first-order valence-corrected chi connectivity index (χ1v) is 10.2. The first-order valence-electron chi connectivity index (χ1n) is 9.05. The lowest BCUT2D eigenvalue weighted by molar-refractivity contribution is -0.122. The molecule has 160 valence electrons. The van der Waals surface area contributed by atoms with Crippen molar-refractivity contribution in [2.45, 2.75) is 0 Å². The van der Waals surface area contributed by atoms with Crippen LogP contribution in [0.4, 0.5) is 5.69 Å². The van der Waals surface area contributed by atoms with Crippen LogP contribution in [0.2, 0.25) is 10.0 Å². The molecule has 0 aliphatic carbocycles. The molecule has 7 nitrogen and oxygen atoms in total. The monoisotopic (exact) mass is 486 g/mol. The van der Waals surface area contributed by atoms with Gasteiger partial charge in [-0.05, 0) is 66.8 Å². The number of carboxylic acids is 1. The Morgan fingerprint density at radius 1 is 1.06 bits per heavy atom. The minimum absolute atomic E-state index is 0.0479. The summed E-state index contributed by atoms with van der Waals surface area (Å²) in [6.07, 6.45) is 1.29. The van der Waals surface area contributed by atoms with Crippen molar-refractivity contribution >= 4 is 70.1 Å². The second kappa shape index (κ2) is 8.58. The zero-order valence-corrected chi connectivity index (χ0v) is 18.3. The molecule has 0 radical (unpaired) electrons. The van der Waals surface area contributed by atoms with Crippen LogP contribution < -0.4 is 10.2 Å². The fourth-order valence-corrected chi connectivity index (χ4v) is 3.73. The number of carboxylic acid groups (broad SMARTS) is 1. The lowest BCUT2D eigenvalue weighted by Crippen LogP contribution is -2.54. The smallest absolute Gasteiger partial charge is 0.335 e. The van der Waals surface area contributed by atoms with E-state index in [1.165, 1.54) is 30.3 Å². The van der Waals surface area contributed by atoms with E-state index in [4.69, 9.17) is 44.9 Å². The number of anilines is 1. The Morgan fingerprint density at radius 2 is 1.78 bits per heavy atom. The van der Waals surface area contributed by atoms with Gasteiger partial charge < -0.3 is 9.52 Å². The highest BCUT2D eigenvalue weighted by molar-refractivity contribution is 7.80. The Labute approximate surface area is 196 Å². The lowest BCUT2D eigenvalue weighted by atomic mass is 10.1. The van der Waals surface area contributed by atoms with Crippen molar-refractivity contribution in [3.8, 4) is 11.3 Å². The predicted octanol–water partition coefficient (Wildman–Crippen LogP) is 4.78. The molecular formula is C22H12Cl2N2O5S. The first-order chi connectivity index (χ1) is 15.3. The van der Waals surface area contributed by atoms with Gasteiger partial charge in [0.25, 0.3) is 11.8 Å². The van der Waals surface area contributed by atoms with E-state index in [0.717, 1.165) is 4.90 Å². The van der Waals surface area contributed by atoms with Crippen LogP contribution in [0, 0.1) is 0 Å². The van der Waals surface area contributed by atoms with E-state index in [-0.39, 0.29) is 22.0 Å². The van der Waals surface area contributed by atoms with Gasteiger partial charge >= 0.3 is 5.97 Å². The predicted molar refractivity (Wildman–Crippen MR) is 124 cm³/mol. The average Bonchev–Trinajstić information content (AvgIpc) is 3.22. The van der Waals surface area contributed by atoms with Crippen molar-refractivity contribution in [2.24, 2.45) is 0 Å². The van der Waals surface area contributed by atoms with Crippen LogP contribution >= 0.6 is 35.4 Å². The van der Waals surface area contributed by atoms with Gasteiger partial charge in [0.2, 0.25) is 0 Å². The molecule has 0 unspecified atom stereocenters. The van der Waals surface area contributed by atoms with Crippen molar-refractivity contribution in [3.63, 3.8) is 0 Å². The molecule has 0 saturated carbocycles. The van der Waals surface area contributed by atoms with Gasteiger partial charge in [0, 0.05) is 5.56 Å². The maximum atomic E-state index is 13.1. The summed E-state index contributed by atoms with van der Waals surface area (Å²) in [7, 11) is 0. The van der Waals surface area contributed by atoms with Gasteiger partial charge in [-0.2, -0.15) is 0 Å². The van der Waals surface area contributed by atoms with E-state index >= 15 is 0 Å². The Balaban J connectivity index is 1.67. The van der Waals surface area contributed by atoms with Gasteiger partial charge in [0.1, 0.15) is 17.1 Å². The molecule has 10 heteroatoms. The molecule has 2 aromatic carbocycles. The second-order valence-electron chi connectivity index (χ2n) is 6.61. The van der Waals surface area contributed by atoms with E-state index in [1.807, 2.05) is 0 Å². The van der Waals surface area contributed by atoms with Gasteiger partial charge in [0.05, 0.1) is 21.3 Å². The molecule has 0 spiro atoms. The molecule has 2 amide bonds. The highest BCUT2D eigenvalue weighted by Gasteiger charge is 2.34. The number of rotatable bonds is 4. The molecule has 1 fully saturated rings. The topological polar surface area (TPSA) is 99.9 Å². The summed E-state index contributed by atoms with van der Waals surface area (Å²) in [6.45, 7) is 0. The number of amides is 2. The highest BCUT2D eigenvalue weighted by atomic mass is 35.5. The molecule has 2 heterocycles. The number of hydrogen-bond acceptors (Lipinski definition) is 5. The summed E-state index contributed by atoms with van der Waals surface area (Å²) in [4.78, 5) is 37.7. The molecule has 0 bridgehead atoms. The summed E-state index contributed by atoms with van der Waals surface area (Å²) < 4.78 is 5.75. The Bertz CT molecular complexity index is 1310. The summed E-state index contributed by atoms with van der Waals surface area (Å²) in [6, 6.07) is 13.8. The number of carbonyl (C=O) groups is 3. The van der Waals surface area contributed by atoms with Crippen molar-refractivity contribution in [3.05, 3.63) is 81.5 Å². The SMILES string of the molecule is O=C1NC(=S)N(c2ccc(C(=O)O)cc2)C(=O)/C1=C\c1ccc(-c2cccc(Cl)c2Cl)o1. The molecule has 4 rings (SSSR count). The van der Waals surface area contributed by atoms with Crippen molar-refractivity contribution in [1.29, 1.82) is 0 Å². The van der Waals surface area contributed by atoms with Crippen molar-refractivity contribution in [1.82, 2.24) is 5.32 Å². The van der Waals surface area contributed by atoms with Crippen molar-refractivity contribution < 1.29 is 23.9 Å². The standard InChI is InChI=1S/C22H12Cl2N2O5S/c23-16-3-1-2-14(18(16)24)17-9-8-13(31-17)10-15-19(27)25-22(32)26(20(15)28)12-6-4-11(5-7-12)21(29)30/h1-10H,(H,29,30)(H,25,27,32)/b15-10-. The minimum Gasteiger partial charge on any atom is -0.478 e. The molecule has 1 saturated heterocycles. The van der Waals surface area contributed by atoms with Crippen LogP contribution in [0.5, 0.6) is 0 Å². The largest absolute Gasteiger partial charge is 0.478 e. The van der Waals surface area contributed by atoms with E-state index < -0.39 is 17.8 Å². The normalized spacial score (nSPS) is 15.2. The van der Waals surface area contributed by atoms with Crippen LogP contribution in [0.3, 0.4) is 0 Å². The van der Waals surface area contributed by atoms with Crippen LogP contribution in [0.15, 0.2) is 64.6 Å². The van der Waals surface area contributed by atoms with Crippen LogP contribution in [-0.2, 0) is 9.59 Å². The summed E-state index contributed by atoms with van der Waals surface area (Å²) >= 11 is 17.4. The van der Waals surface area contributed by atoms with Gasteiger partial charge in [0.15, 0.2) is 5.11 Å². The summed E-state index contributed by atoms with van der Waals surface area (Å²) in [5, 5.41) is 12.1. The van der Waals surface area contributed by atoms with E-state index in [0.29, 0.717) is 27.1 Å². The number of aromatic carboxylic acids is 1. The zero-order valence-electron chi connectivity index (χ0n) is 16.0. The van der Waals surface area contributed by atoms with E-state index in [2.05, 4.69) is 5.32 Å². The number of hydrogen-bond donors (Lipinski definition) is 2. The van der Waals surface area contributed by atoms with E-state index in [9.17, 15) is 14.4 Å². The van der Waals surface area contributed by atoms with Gasteiger partial charge in [-0.3, -0.25) is 19.8 Å². The molecule has 1 aliphatic heterocycles. The Morgan fingerprint density at radius 3 is 2.47 bits per heavy atom. The summed E-state index contributed by atoms with van der Waals surface area (Å²) in [5.74, 6) is -1.82. The van der Waals surface area contributed by atoms with Crippen molar-refractivity contribution in [2.75, 3.05) is 4.90 Å². The number of halogens is 2. The van der Waals surface area contributed by atoms with E-state index in [1.54, 1.807) is 30.3 Å². The average molecular weight is 487 g/mol. The number of benzene rings is 2. The van der Waals surface area contributed by atoms with Crippen LogP contribution in [-0.4, -0.2) is 28.0 Å². The fraction of sp³-hybridized carbons (Fsp3) is 0. The fourth-order valence-electron chi connectivity index (χ4n) is 3.06. The third-order valence-electron chi connectivity index (χ3n) is 4.60. The third kappa shape index (κ3) is 4.03. The Kier molecular flexibility index (Phi) is 5.84. The number of furan rings is 1. The first kappa shape index (κ1) is 21.8. The van der Waals surface area contributed by atoms with Gasteiger partial charge in [-0.1, -0.05) is 29.3 Å². The third-order valence-corrected chi connectivity index (χ3v) is 5.71. The Hall–Kier alpha value is -3.46. The molecule has 1 aromatic heterocycles. The van der Waals surface area contributed by atoms with Gasteiger partial charge in [-0.25, -0.2) is 4.79 Å². The zero-order chi connectivity index (χ0) is 23.0. The number of nitrogens with one attached hydrogen (secondary N) is 1.